The van der Waals surface area contributed by atoms with E-state index in [9.17, 15) is 27.9 Å². The lowest BCUT2D eigenvalue weighted by molar-refractivity contribution is -0.196. The maximum Gasteiger partial charge on any atom is 0.306 e. The number of alkyl halides is 1. The highest BCUT2D eigenvalue weighted by Gasteiger charge is 2.74. The number of hydrogen-bond donors (Lipinski definition) is 1. The summed E-state index contributed by atoms with van der Waals surface area (Å²) in [6.45, 7) is 6.43. The first-order valence-electron chi connectivity index (χ1n) is 14.2. The lowest BCUT2D eigenvalue weighted by Crippen LogP contribution is -2.69. The summed E-state index contributed by atoms with van der Waals surface area (Å²) in [7, 11) is -4.25. The molecule has 0 radical (unpaired) electrons. The van der Waals surface area contributed by atoms with E-state index in [1.165, 1.54) is 18.2 Å². The van der Waals surface area contributed by atoms with Gasteiger partial charge in [0, 0.05) is 17.3 Å². The number of allylic oxidation sites excluding steroid dienone is 4. The second-order valence-electron chi connectivity index (χ2n) is 12.4. The molecular weight excluding hydrogens is 568 g/mol. The number of carbonyl (C=O) groups excluding carboxylic acids is 3. The number of halogens is 1. The van der Waals surface area contributed by atoms with Crippen molar-refractivity contribution in [3.05, 3.63) is 53.6 Å². The second-order valence-corrected chi connectivity index (χ2v) is 14.7. The quantitative estimate of drug-likeness (QED) is 0.272. The average molecular weight is 605 g/mol. The minimum atomic E-state index is -4.25. The first kappa shape index (κ1) is 30.1. The van der Waals surface area contributed by atoms with Crippen molar-refractivity contribution >= 4 is 39.3 Å². The van der Waals surface area contributed by atoms with Crippen molar-refractivity contribution in [3.63, 3.8) is 0 Å². The van der Waals surface area contributed by atoms with Crippen molar-refractivity contribution < 1.29 is 36.8 Å². The molecule has 0 spiro atoms. The molecule has 0 saturated heterocycles. The molecule has 0 aliphatic heterocycles. The molecule has 7 atom stereocenters. The topological polar surface area (TPSA) is 124 Å². The number of aryl methyl sites for hydroxylation is 1. The van der Waals surface area contributed by atoms with Crippen molar-refractivity contribution in [2.24, 2.45) is 22.7 Å². The summed E-state index contributed by atoms with van der Waals surface area (Å²) in [6, 6.07) is 6.09. The van der Waals surface area contributed by atoms with Crippen molar-refractivity contribution in [2.45, 2.75) is 87.7 Å². The molecule has 222 valence electrons. The highest BCUT2D eigenvalue weighted by atomic mass is 35.5. The lowest BCUT2D eigenvalue weighted by Gasteiger charge is -2.64. The number of esters is 1. The Labute approximate surface area is 246 Å². The van der Waals surface area contributed by atoms with E-state index in [1.54, 1.807) is 31.2 Å². The third-order valence-corrected chi connectivity index (χ3v) is 12.6. The number of hydrogen-bond acceptors (Lipinski definition) is 8. The van der Waals surface area contributed by atoms with E-state index >= 15 is 0 Å². The number of aliphatic hydroxyl groups excluding tert-OH is 1. The van der Waals surface area contributed by atoms with Gasteiger partial charge in [-0.15, -0.1) is 11.6 Å². The molecule has 0 heterocycles. The number of fused-ring (bicyclic) bond motifs is 5. The van der Waals surface area contributed by atoms with Crippen LogP contribution in [0.1, 0.15) is 64.9 Å². The molecule has 0 aromatic heterocycles. The summed E-state index contributed by atoms with van der Waals surface area (Å²) in [6.07, 6.45) is 5.72. The van der Waals surface area contributed by atoms with Gasteiger partial charge in [-0.3, -0.25) is 18.6 Å². The molecule has 3 fully saturated rings. The number of benzene rings is 1. The number of rotatable bonds is 7. The third kappa shape index (κ3) is 4.37. The normalized spacial score (nSPS) is 38.0. The summed E-state index contributed by atoms with van der Waals surface area (Å²) in [5.41, 5.74) is -1.74. The van der Waals surface area contributed by atoms with E-state index < -0.39 is 55.9 Å². The van der Waals surface area contributed by atoms with E-state index in [0.29, 0.717) is 19.3 Å². The maximum atomic E-state index is 14.0. The van der Waals surface area contributed by atoms with Gasteiger partial charge >= 0.3 is 5.97 Å². The van der Waals surface area contributed by atoms with Crippen molar-refractivity contribution in [1.82, 2.24) is 0 Å². The molecule has 4 aliphatic carbocycles. The molecule has 0 bridgehead atoms. The van der Waals surface area contributed by atoms with Gasteiger partial charge in [0.1, 0.15) is 6.61 Å². The number of ether oxygens (including phenoxy) is 1. The Morgan fingerprint density at radius 3 is 2.46 bits per heavy atom. The molecule has 1 aromatic carbocycles. The molecule has 1 aromatic rings. The fourth-order valence-corrected chi connectivity index (χ4v) is 9.56. The molecular formula is C31H37ClO8S. The number of ketones is 2. The molecule has 0 amide bonds. The lowest BCUT2D eigenvalue weighted by atomic mass is 9.45. The summed E-state index contributed by atoms with van der Waals surface area (Å²) in [5.74, 6) is -1.82. The van der Waals surface area contributed by atoms with Crippen molar-refractivity contribution in [2.75, 3.05) is 6.61 Å². The Balaban J connectivity index is 1.50. The molecule has 4 aliphatic rings. The number of Topliss-reactive ketones (excluding diaryl/α,β-unsaturated/α-hetero) is 1. The van der Waals surface area contributed by atoms with E-state index in [0.717, 1.165) is 11.1 Å². The molecule has 3 saturated carbocycles. The van der Waals surface area contributed by atoms with Crippen LogP contribution < -0.4 is 0 Å². The van der Waals surface area contributed by atoms with E-state index in [-0.39, 0.29) is 41.8 Å². The fraction of sp³-hybridized carbons (Fsp3) is 0.581. The average Bonchev–Trinajstić information content (AvgIpc) is 3.21. The first-order valence-corrected chi connectivity index (χ1v) is 16.0. The van der Waals surface area contributed by atoms with Gasteiger partial charge in [0.05, 0.1) is 15.9 Å². The zero-order valence-electron chi connectivity index (χ0n) is 23.8. The Kier molecular flexibility index (Phi) is 7.46. The van der Waals surface area contributed by atoms with Crippen LogP contribution in [0.15, 0.2) is 53.0 Å². The number of aliphatic hydroxyl groups is 1. The molecule has 5 rings (SSSR count). The van der Waals surface area contributed by atoms with Crippen LogP contribution in [0.3, 0.4) is 0 Å². The van der Waals surface area contributed by atoms with Crippen LogP contribution in [0.2, 0.25) is 0 Å². The first-order chi connectivity index (χ1) is 19.1. The van der Waals surface area contributed by atoms with Crippen molar-refractivity contribution in [3.8, 4) is 0 Å². The van der Waals surface area contributed by atoms with Crippen molar-refractivity contribution in [1.29, 1.82) is 0 Å². The van der Waals surface area contributed by atoms with Crippen LogP contribution in [0.4, 0.5) is 0 Å². The molecule has 1 N–H and O–H groups in total. The van der Waals surface area contributed by atoms with Gasteiger partial charge < -0.3 is 9.84 Å². The molecule has 10 heteroatoms. The van der Waals surface area contributed by atoms with Crippen LogP contribution in [-0.4, -0.2) is 54.2 Å². The monoisotopic (exact) mass is 604 g/mol. The minimum absolute atomic E-state index is 0.0226. The summed E-state index contributed by atoms with van der Waals surface area (Å²) < 4.78 is 37.0. The third-order valence-electron chi connectivity index (χ3n) is 10.4. The van der Waals surface area contributed by atoms with Crippen LogP contribution in [0.25, 0.3) is 0 Å². The summed E-state index contributed by atoms with van der Waals surface area (Å²) >= 11 is 7.47. The van der Waals surface area contributed by atoms with Gasteiger partial charge in [-0.1, -0.05) is 50.1 Å². The fourth-order valence-electron chi connectivity index (χ4n) is 8.17. The summed E-state index contributed by atoms with van der Waals surface area (Å²) in [4.78, 5) is 37.8. The SMILES string of the molecule is CCC(=O)O[C@]1(C(=O)COS(=O)(=O)c2ccc(C)cc2)CC[C@H]2[C@@H]3CCC4=CC(=O)C=C[C@]4(C)[C@@]3(Cl)C(O)C[C@@]21C. The number of carbonyl (C=O) groups is 3. The van der Waals surface area contributed by atoms with Gasteiger partial charge in [0.15, 0.2) is 11.4 Å². The predicted octanol–water partition coefficient (Wildman–Crippen LogP) is 4.60. The highest BCUT2D eigenvalue weighted by molar-refractivity contribution is 7.86. The molecule has 1 unspecified atom stereocenters. The smallest absolute Gasteiger partial charge is 0.306 e. The maximum absolute atomic E-state index is 14.0. The Hall–Kier alpha value is -2.33. The van der Waals surface area contributed by atoms with Gasteiger partial charge in [-0.05, 0) is 75.1 Å². The van der Waals surface area contributed by atoms with Gasteiger partial charge in [-0.2, -0.15) is 8.42 Å². The van der Waals surface area contributed by atoms with Gasteiger partial charge in [-0.25, -0.2) is 0 Å². The van der Waals surface area contributed by atoms with Crippen LogP contribution in [0.5, 0.6) is 0 Å². The highest BCUT2D eigenvalue weighted by Crippen LogP contribution is 2.71. The zero-order valence-corrected chi connectivity index (χ0v) is 25.4. The Morgan fingerprint density at radius 2 is 1.80 bits per heavy atom. The van der Waals surface area contributed by atoms with E-state index in [1.807, 2.05) is 20.8 Å². The van der Waals surface area contributed by atoms with Crippen LogP contribution in [0, 0.1) is 29.6 Å². The van der Waals surface area contributed by atoms with E-state index in [2.05, 4.69) is 0 Å². The van der Waals surface area contributed by atoms with Gasteiger partial charge in [0.2, 0.25) is 5.78 Å². The largest absolute Gasteiger partial charge is 0.450 e. The standard InChI is InChI=1S/C31H37ClO8S/c1-5-27(36)40-30(26(35)18-39-41(37,38)22-9-6-19(2)7-10-22)15-13-23-24-11-8-20-16-21(33)12-14-28(20,3)31(24,32)25(34)17-29(23,30)4/h6-7,9-10,12,14,16,23-25,34H,5,8,11,13,15,17-18H2,1-4H3/t23-,24-,25?,28-,29-,30-,31-/m0/s1. The molecule has 41 heavy (non-hydrogen) atoms. The predicted molar refractivity (Wildman–Crippen MR) is 152 cm³/mol. The molecule has 8 nitrogen and oxygen atoms in total. The van der Waals surface area contributed by atoms with Crippen LogP contribution >= 0.6 is 11.6 Å². The van der Waals surface area contributed by atoms with Gasteiger partial charge in [0.25, 0.3) is 10.1 Å². The Morgan fingerprint density at radius 1 is 1.12 bits per heavy atom. The van der Waals surface area contributed by atoms with Crippen LogP contribution in [-0.2, 0) is 33.4 Å². The Bertz CT molecular complexity index is 1450. The summed E-state index contributed by atoms with van der Waals surface area (Å²) in [5, 5.41) is 11.8. The zero-order chi connectivity index (χ0) is 30.0. The van der Waals surface area contributed by atoms with E-state index in [4.69, 9.17) is 20.5 Å². The minimum Gasteiger partial charge on any atom is -0.450 e. The second kappa shape index (κ2) is 10.1.